The van der Waals surface area contributed by atoms with Crippen LogP contribution in [0.1, 0.15) is 24.6 Å². The SMILES string of the molecule is Cc1cc(Br)c(-c2ccncc2)n1C1CC1. The number of hydrogen-bond acceptors (Lipinski definition) is 1. The molecule has 0 N–H and O–H groups in total. The van der Waals surface area contributed by atoms with Crippen molar-refractivity contribution in [3.63, 3.8) is 0 Å². The third-order valence-electron chi connectivity index (χ3n) is 3.05. The van der Waals surface area contributed by atoms with E-state index in [0.29, 0.717) is 6.04 Å². The zero-order chi connectivity index (χ0) is 11.1. The number of pyridine rings is 1. The Morgan fingerprint density at radius 1 is 1.31 bits per heavy atom. The Hall–Kier alpha value is -1.09. The smallest absolute Gasteiger partial charge is 0.0630 e. The molecule has 1 fully saturated rings. The largest absolute Gasteiger partial charge is 0.341 e. The molecule has 2 heterocycles. The van der Waals surface area contributed by atoms with Crippen LogP contribution in [-0.2, 0) is 0 Å². The van der Waals surface area contributed by atoms with Crippen molar-refractivity contribution in [2.24, 2.45) is 0 Å². The summed E-state index contributed by atoms with van der Waals surface area (Å²) < 4.78 is 3.63. The molecule has 2 aromatic heterocycles. The maximum Gasteiger partial charge on any atom is 0.0630 e. The number of halogens is 1. The van der Waals surface area contributed by atoms with Crippen molar-refractivity contribution in [1.29, 1.82) is 0 Å². The highest BCUT2D eigenvalue weighted by Crippen LogP contribution is 2.43. The van der Waals surface area contributed by atoms with E-state index in [1.807, 2.05) is 12.4 Å². The monoisotopic (exact) mass is 276 g/mol. The molecule has 82 valence electrons. The van der Waals surface area contributed by atoms with Crippen molar-refractivity contribution < 1.29 is 0 Å². The normalized spacial score (nSPS) is 15.4. The Bertz CT molecular complexity index is 512. The van der Waals surface area contributed by atoms with E-state index in [1.54, 1.807) is 0 Å². The number of rotatable bonds is 2. The minimum absolute atomic E-state index is 0.703. The third kappa shape index (κ3) is 1.59. The van der Waals surface area contributed by atoms with Crippen molar-refractivity contribution in [3.05, 3.63) is 40.8 Å². The van der Waals surface area contributed by atoms with E-state index in [0.717, 1.165) is 0 Å². The van der Waals surface area contributed by atoms with E-state index in [1.165, 1.54) is 34.3 Å². The lowest BCUT2D eigenvalue weighted by atomic mass is 10.2. The number of nitrogens with zero attached hydrogens (tertiary/aromatic N) is 2. The topological polar surface area (TPSA) is 17.8 Å². The van der Waals surface area contributed by atoms with Gasteiger partial charge in [-0.05, 0) is 53.9 Å². The number of hydrogen-bond donors (Lipinski definition) is 0. The van der Waals surface area contributed by atoms with Gasteiger partial charge in [0.15, 0.2) is 0 Å². The Morgan fingerprint density at radius 2 is 2.00 bits per heavy atom. The van der Waals surface area contributed by atoms with Gasteiger partial charge in [0.2, 0.25) is 0 Å². The maximum absolute atomic E-state index is 4.07. The number of aromatic nitrogens is 2. The van der Waals surface area contributed by atoms with E-state index in [2.05, 4.69) is 50.6 Å². The van der Waals surface area contributed by atoms with Gasteiger partial charge in [-0.3, -0.25) is 4.98 Å². The summed E-state index contributed by atoms with van der Waals surface area (Å²) in [5.41, 5.74) is 3.87. The van der Waals surface area contributed by atoms with E-state index in [-0.39, 0.29) is 0 Å². The molecule has 1 aliphatic carbocycles. The van der Waals surface area contributed by atoms with Crippen LogP contribution in [0.5, 0.6) is 0 Å². The van der Waals surface area contributed by atoms with Crippen LogP contribution in [0.25, 0.3) is 11.3 Å². The molecule has 0 saturated heterocycles. The van der Waals surface area contributed by atoms with Gasteiger partial charge in [-0.25, -0.2) is 0 Å². The second kappa shape index (κ2) is 3.74. The van der Waals surface area contributed by atoms with Gasteiger partial charge >= 0.3 is 0 Å². The third-order valence-corrected chi connectivity index (χ3v) is 3.65. The fraction of sp³-hybridized carbons (Fsp3) is 0.308. The molecule has 3 rings (SSSR count). The van der Waals surface area contributed by atoms with Crippen LogP contribution in [0.2, 0.25) is 0 Å². The van der Waals surface area contributed by atoms with E-state index in [9.17, 15) is 0 Å². The molecule has 0 aromatic carbocycles. The summed E-state index contributed by atoms with van der Waals surface area (Å²) in [6.07, 6.45) is 6.31. The predicted octanol–water partition coefficient (Wildman–Crippen LogP) is 3.96. The highest BCUT2D eigenvalue weighted by molar-refractivity contribution is 9.10. The summed E-state index contributed by atoms with van der Waals surface area (Å²) in [6, 6.07) is 7.04. The summed E-state index contributed by atoms with van der Waals surface area (Å²) in [7, 11) is 0. The van der Waals surface area contributed by atoms with Gasteiger partial charge in [-0.2, -0.15) is 0 Å². The Labute approximate surface area is 103 Å². The summed E-state index contributed by atoms with van der Waals surface area (Å²) in [6.45, 7) is 2.17. The van der Waals surface area contributed by atoms with Crippen molar-refractivity contribution in [2.45, 2.75) is 25.8 Å². The lowest BCUT2D eigenvalue weighted by Gasteiger charge is -2.10. The quantitative estimate of drug-likeness (QED) is 0.812. The first-order valence-electron chi connectivity index (χ1n) is 5.55. The molecule has 2 nitrogen and oxygen atoms in total. The van der Waals surface area contributed by atoms with Crippen LogP contribution in [0.3, 0.4) is 0 Å². The molecule has 2 aromatic rings. The van der Waals surface area contributed by atoms with Gasteiger partial charge in [0.05, 0.1) is 5.69 Å². The Balaban J connectivity index is 2.19. The zero-order valence-corrected chi connectivity index (χ0v) is 10.7. The summed E-state index contributed by atoms with van der Waals surface area (Å²) in [5.74, 6) is 0. The second-order valence-electron chi connectivity index (χ2n) is 4.32. The molecular formula is C13H13BrN2. The Morgan fingerprint density at radius 3 is 2.62 bits per heavy atom. The molecular weight excluding hydrogens is 264 g/mol. The van der Waals surface area contributed by atoms with Gasteiger partial charge in [-0.1, -0.05) is 0 Å². The molecule has 0 unspecified atom stereocenters. The molecule has 1 aliphatic rings. The number of aryl methyl sites for hydroxylation is 1. The molecule has 16 heavy (non-hydrogen) atoms. The van der Waals surface area contributed by atoms with Crippen molar-refractivity contribution in [2.75, 3.05) is 0 Å². The van der Waals surface area contributed by atoms with Gasteiger partial charge in [0.1, 0.15) is 0 Å². The van der Waals surface area contributed by atoms with Crippen molar-refractivity contribution in [1.82, 2.24) is 9.55 Å². The molecule has 0 spiro atoms. The second-order valence-corrected chi connectivity index (χ2v) is 5.17. The highest BCUT2D eigenvalue weighted by Gasteiger charge is 2.28. The standard InChI is InChI=1S/C13H13BrN2/c1-9-8-12(14)13(16(9)11-2-3-11)10-4-6-15-7-5-10/h4-8,11H,2-3H2,1H3. The van der Waals surface area contributed by atoms with Crippen LogP contribution >= 0.6 is 15.9 Å². The fourth-order valence-electron chi connectivity index (χ4n) is 2.20. The molecule has 0 atom stereocenters. The van der Waals surface area contributed by atoms with Crippen LogP contribution in [0, 0.1) is 6.92 Å². The minimum atomic E-state index is 0.703. The summed E-state index contributed by atoms with van der Waals surface area (Å²) >= 11 is 3.66. The first-order valence-corrected chi connectivity index (χ1v) is 6.34. The van der Waals surface area contributed by atoms with E-state index < -0.39 is 0 Å². The van der Waals surface area contributed by atoms with E-state index >= 15 is 0 Å². The Kier molecular flexibility index (Phi) is 2.36. The highest BCUT2D eigenvalue weighted by atomic mass is 79.9. The average Bonchev–Trinajstić information content (AvgIpc) is 3.06. The van der Waals surface area contributed by atoms with Crippen LogP contribution in [0.4, 0.5) is 0 Å². The molecule has 0 bridgehead atoms. The molecule has 3 heteroatoms. The van der Waals surface area contributed by atoms with Crippen molar-refractivity contribution >= 4 is 15.9 Å². The molecule has 0 amide bonds. The molecule has 0 aliphatic heterocycles. The zero-order valence-electron chi connectivity index (χ0n) is 9.15. The van der Waals surface area contributed by atoms with Gasteiger partial charge < -0.3 is 4.57 Å². The fourth-order valence-corrected chi connectivity index (χ4v) is 2.95. The molecule has 0 radical (unpaired) electrons. The van der Waals surface area contributed by atoms with Gasteiger partial charge in [-0.15, -0.1) is 0 Å². The first kappa shape index (κ1) is 10.1. The lowest BCUT2D eigenvalue weighted by Crippen LogP contribution is -1.99. The van der Waals surface area contributed by atoms with E-state index in [4.69, 9.17) is 0 Å². The summed E-state index contributed by atoms with van der Waals surface area (Å²) in [5, 5.41) is 0. The summed E-state index contributed by atoms with van der Waals surface area (Å²) in [4.78, 5) is 4.07. The predicted molar refractivity (Wildman–Crippen MR) is 68.4 cm³/mol. The van der Waals surface area contributed by atoms with Crippen molar-refractivity contribution in [3.8, 4) is 11.3 Å². The first-order chi connectivity index (χ1) is 7.77. The molecule has 1 saturated carbocycles. The van der Waals surface area contributed by atoms with Gasteiger partial charge in [0, 0.05) is 34.2 Å². The maximum atomic E-state index is 4.07. The minimum Gasteiger partial charge on any atom is -0.341 e. The average molecular weight is 277 g/mol. The lowest BCUT2D eigenvalue weighted by molar-refractivity contribution is 0.729. The van der Waals surface area contributed by atoms with Crippen LogP contribution < -0.4 is 0 Å². The van der Waals surface area contributed by atoms with Gasteiger partial charge in [0.25, 0.3) is 0 Å². The van der Waals surface area contributed by atoms with Crippen LogP contribution in [0.15, 0.2) is 35.1 Å². The van der Waals surface area contributed by atoms with Crippen LogP contribution in [-0.4, -0.2) is 9.55 Å².